The zero-order chi connectivity index (χ0) is 22.6. The number of fused-ring (bicyclic) bond motifs is 3. The largest absolute Gasteiger partial charge is 0.332 e. The van der Waals surface area contributed by atoms with Gasteiger partial charge in [-0.3, -0.25) is 13.9 Å². The highest BCUT2D eigenvalue weighted by atomic mass is 19.1. The molecule has 2 aromatic carbocycles. The lowest BCUT2D eigenvalue weighted by Gasteiger charge is -2.33. The van der Waals surface area contributed by atoms with Crippen molar-refractivity contribution >= 4 is 22.8 Å². The van der Waals surface area contributed by atoms with Crippen LogP contribution in [0.15, 0.2) is 58.1 Å². The highest BCUT2D eigenvalue weighted by Gasteiger charge is 2.29. The van der Waals surface area contributed by atoms with Crippen LogP contribution in [0.4, 0.5) is 16.0 Å². The van der Waals surface area contributed by atoms with Crippen LogP contribution in [-0.2, 0) is 20.1 Å². The predicted molar refractivity (Wildman–Crippen MR) is 122 cm³/mol. The number of hydrogen-bond donors (Lipinski definition) is 0. The fourth-order valence-corrected chi connectivity index (χ4v) is 4.43. The number of hydrogen-bond acceptors (Lipinski definition) is 4. The lowest BCUT2D eigenvalue weighted by Crippen LogP contribution is -2.40. The molecule has 7 nitrogen and oxygen atoms in total. The number of aromatic nitrogens is 4. The molecule has 0 N–H and O–H groups in total. The van der Waals surface area contributed by atoms with Crippen molar-refractivity contribution in [1.29, 1.82) is 0 Å². The maximum Gasteiger partial charge on any atom is 0.332 e. The Morgan fingerprint density at radius 1 is 1.09 bits per heavy atom. The zero-order valence-electron chi connectivity index (χ0n) is 18.2. The van der Waals surface area contributed by atoms with E-state index in [2.05, 4.69) is 17.9 Å². The van der Waals surface area contributed by atoms with Gasteiger partial charge in [0.05, 0.1) is 6.54 Å². The molecule has 3 heterocycles. The van der Waals surface area contributed by atoms with Crippen LogP contribution in [0.3, 0.4) is 0 Å². The zero-order valence-corrected chi connectivity index (χ0v) is 18.2. The van der Waals surface area contributed by atoms with Crippen LogP contribution in [0, 0.1) is 18.7 Å². The molecule has 0 aliphatic carbocycles. The van der Waals surface area contributed by atoms with Crippen LogP contribution in [-0.4, -0.2) is 25.2 Å². The summed E-state index contributed by atoms with van der Waals surface area (Å²) in [5.41, 5.74) is 2.77. The number of halogens is 1. The Hall–Kier alpha value is -3.68. The molecule has 164 valence electrons. The third-order valence-corrected chi connectivity index (χ3v) is 6.01. The van der Waals surface area contributed by atoms with Crippen LogP contribution in [0.5, 0.6) is 0 Å². The van der Waals surface area contributed by atoms with Gasteiger partial charge in [-0.15, -0.1) is 0 Å². The highest BCUT2D eigenvalue weighted by molar-refractivity contribution is 5.77. The predicted octanol–water partition coefficient (Wildman–Crippen LogP) is 3.18. The SMILES string of the molecule is Cc1cccc(N2CC(C)Cn3c2nc2c3c(=O)n(Cc3ccc(F)cc3)c(=O)n2C)c1. The smallest absolute Gasteiger partial charge is 0.312 e. The van der Waals surface area contributed by atoms with Gasteiger partial charge < -0.3 is 9.47 Å². The maximum absolute atomic E-state index is 13.5. The summed E-state index contributed by atoms with van der Waals surface area (Å²) < 4.78 is 17.8. The number of aryl methyl sites for hydroxylation is 2. The molecule has 8 heteroatoms. The minimum Gasteiger partial charge on any atom is -0.312 e. The first-order valence-corrected chi connectivity index (χ1v) is 10.6. The molecule has 0 bridgehead atoms. The number of benzene rings is 2. The summed E-state index contributed by atoms with van der Waals surface area (Å²) >= 11 is 0. The monoisotopic (exact) mass is 433 g/mol. The molecule has 1 aliphatic rings. The average Bonchev–Trinajstić information content (AvgIpc) is 3.15. The van der Waals surface area contributed by atoms with Gasteiger partial charge in [0.1, 0.15) is 5.82 Å². The molecule has 1 aliphatic heterocycles. The van der Waals surface area contributed by atoms with Crippen LogP contribution in [0.1, 0.15) is 18.1 Å². The van der Waals surface area contributed by atoms with Crippen molar-refractivity contribution in [3.63, 3.8) is 0 Å². The van der Waals surface area contributed by atoms with Crippen LogP contribution in [0.2, 0.25) is 0 Å². The average molecular weight is 433 g/mol. The first kappa shape index (κ1) is 20.2. The molecule has 0 spiro atoms. The van der Waals surface area contributed by atoms with Gasteiger partial charge in [-0.2, -0.15) is 4.98 Å². The summed E-state index contributed by atoms with van der Waals surface area (Å²) in [7, 11) is 1.63. The molecular weight excluding hydrogens is 409 g/mol. The first-order valence-electron chi connectivity index (χ1n) is 10.6. The van der Waals surface area contributed by atoms with E-state index in [0.717, 1.165) is 17.8 Å². The van der Waals surface area contributed by atoms with Crippen LogP contribution < -0.4 is 16.1 Å². The minimum atomic E-state index is -0.447. The normalized spacial score (nSPS) is 15.9. The number of rotatable bonds is 3. The fraction of sp³-hybridized carbons (Fsp3) is 0.292. The van der Waals surface area contributed by atoms with E-state index in [4.69, 9.17) is 4.98 Å². The molecule has 0 amide bonds. The molecule has 0 saturated carbocycles. The van der Waals surface area contributed by atoms with Crippen LogP contribution >= 0.6 is 0 Å². The van der Waals surface area contributed by atoms with Gasteiger partial charge in [0.2, 0.25) is 5.95 Å². The van der Waals surface area contributed by atoms with E-state index in [1.54, 1.807) is 19.2 Å². The van der Waals surface area contributed by atoms with Gasteiger partial charge in [0.15, 0.2) is 11.2 Å². The Labute approximate surface area is 184 Å². The number of nitrogens with zero attached hydrogens (tertiary/aromatic N) is 5. The third kappa shape index (κ3) is 3.23. The topological polar surface area (TPSA) is 65.1 Å². The maximum atomic E-state index is 13.5. The Bertz CT molecular complexity index is 1450. The summed E-state index contributed by atoms with van der Waals surface area (Å²) in [5, 5.41) is 0. The molecule has 5 rings (SSSR count). The van der Waals surface area contributed by atoms with Gasteiger partial charge in [-0.1, -0.05) is 31.2 Å². The number of anilines is 2. The lowest BCUT2D eigenvalue weighted by molar-refractivity contribution is 0.458. The summed E-state index contributed by atoms with van der Waals surface area (Å²) in [6, 6.07) is 14.0. The second-order valence-corrected chi connectivity index (χ2v) is 8.61. The molecule has 1 unspecified atom stereocenters. The molecule has 4 aromatic rings. The van der Waals surface area contributed by atoms with Crippen molar-refractivity contribution in [2.45, 2.75) is 26.9 Å². The third-order valence-electron chi connectivity index (χ3n) is 6.01. The highest BCUT2D eigenvalue weighted by Crippen LogP contribution is 2.33. The van der Waals surface area contributed by atoms with E-state index in [1.807, 2.05) is 29.7 Å². The van der Waals surface area contributed by atoms with Gasteiger partial charge >= 0.3 is 5.69 Å². The van der Waals surface area contributed by atoms with Crippen molar-refractivity contribution in [2.24, 2.45) is 13.0 Å². The quantitative estimate of drug-likeness (QED) is 0.498. The van der Waals surface area contributed by atoms with Crippen molar-refractivity contribution in [3.8, 4) is 0 Å². The second-order valence-electron chi connectivity index (χ2n) is 8.61. The molecule has 32 heavy (non-hydrogen) atoms. The lowest BCUT2D eigenvalue weighted by atomic mass is 10.1. The standard InChI is InChI=1S/C24H24FN5O2/c1-15-5-4-6-19(11-15)28-12-16(2)13-29-20-21(26-23(28)29)27(3)24(32)30(22(20)31)14-17-7-9-18(25)10-8-17/h4-11,16H,12-14H2,1-3H3. The van der Waals surface area contributed by atoms with E-state index >= 15 is 0 Å². The summed E-state index contributed by atoms with van der Waals surface area (Å²) in [6.45, 7) is 5.65. The molecule has 0 radical (unpaired) electrons. The van der Waals surface area contributed by atoms with Gasteiger partial charge in [0, 0.05) is 25.8 Å². The second kappa shape index (κ2) is 7.47. The summed E-state index contributed by atoms with van der Waals surface area (Å²) in [5.74, 6) is 0.581. The van der Waals surface area contributed by atoms with Crippen molar-refractivity contribution in [2.75, 3.05) is 11.4 Å². The van der Waals surface area contributed by atoms with Gasteiger partial charge in [-0.05, 0) is 48.2 Å². The van der Waals surface area contributed by atoms with Gasteiger partial charge in [-0.25, -0.2) is 9.18 Å². The van der Waals surface area contributed by atoms with Crippen molar-refractivity contribution < 1.29 is 4.39 Å². The van der Waals surface area contributed by atoms with Crippen molar-refractivity contribution in [3.05, 3.63) is 86.3 Å². The molecule has 0 saturated heterocycles. The summed E-state index contributed by atoms with van der Waals surface area (Å²) in [4.78, 5) is 33.4. The van der Waals surface area contributed by atoms with E-state index in [0.29, 0.717) is 29.2 Å². The Kier molecular flexibility index (Phi) is 4.73. The van der Waals surface area contributed by atoms with E-state index in [9.17, 15) is 14.0 Å². The summed E-state index contributed by atoms with van der Waals surface area (Å²) in [6.07, 6.45) is 0. The van der Waals surface area contributed by atoms with Crippen molar-refractivity contribution in [1.82, 2.24) is 18.7 Å². The first-order chi connectivity index (χ1) is 15.3. The Balaban J connectivity index is 1.72. The van der Waals surface area contributed by atoms with Crippen LogP contribution in [0.25, 0.3) is 11.2 Å². The van der Waals surface area contributed by atoms with E-state index in [-0.39, 0.29) is 23.8 Å². The molecular formula is C24H24FN5O2. The fourth-order valence-electron chi connectivity index (χ4n) is 4.43. The minimum absolute atomic E-state index is 0.0688. The Morgan fingerprint density at radius 3 is 2.56 bits per heavy atom. The Morgan fingerprint density at radius 2 is 1.84 bits per heavy atom. The van der Waals surface area contributed by atoms with Gasteiger partial charge in [0.25, 0.3) is 5.56 Å². The molecule has 0 fully saturated rings. The molecule has 2 aromatic heterocycles. The number of imidazole rings is 1. The van der Waals surface area contributed by atoms with E-state index in [1.165, 1.54) is 21.3 Å². The van der Waals surface area contributed by atoms with E-state index < -0.39 is 5.69 Å². The molecule has 1 atom stereocenters.